The third-order valence-corrected chi connectivity index (χ3v) is 7.31. The number of likely N-dealkylation sites (N-methyl/N-ethyl adjacent to an activating group) is 1. The Labute approximate surface area is 242 Å². The molecule has 0 aromatic heterocycles. The molecule has 0 saturated carbocycles. The molecule has 3 amide bonds. The van der Waals surface area contributed by atoms with Gasteiger partial charge in [0.25, 0.3) is 0 Å². The predicted molar refractivity (Wildman–Crippen MR) is 160 cm³/mol. The van der Waals surface area contributed by atoms with Gasteiger partial charge < -0.3 is 30.1 Å². The van der Waals surface area contributed by atoms with Gasteiger partial charge in [0.1, 0.15) is 17.6 Å². The van der Waals surface area contributed by atoms with Crippen LogP contribution in [-0.4, -0.2) is 72.8 Å². The number of para-hydroxylation sites is 1. The number of urea groups is 1. The fraction of sp³-hybridized carbons (Fsp3) is 0.375. The van der Waals surface area contributed by atoms with Gasteiger partial charge >= 0.3 is 6.03 Å². The van der Waals surface area contributed by atoms with Crippen molar-refractivity contribution in [3.63, 3.8) is 0 Å². The van der Waals surface area contributed by atoms with Crippen LogP contribution in [0.5, 0.6) is 11.5 Å². The molecule has 9 nitrogen and oxygen atoms in total. The first-order valence-corrected chi connectivity index (χ1v) is 13.9. The second kappa shape index (κ2) is 14.0. The number of fused-ring (bicyclic) bond motifs is 1. The largest absolute Gasteiger partial charge is 0.497 e. The maximum absolute atomic E-state index is 13.5. The summed E-state index contributed by atoms with van der Waals surface area (Å²) in [6.45, 7) is 5.60. The first-order valence-electron chi connectivity index (χ1n) is 13.9. The number of hydrogen-bond donors (Lipinski definition) is 3. The number of anilines is 2. The highest BCUT2D eigenvalue weighted by Crippen LogP contribution is 2.29. The van der Waals surface area contributed by atoms with Crippen molar-refractivity contribution in [2.75, 3.05) is 44.5 Å². The SMILES string of the molecule is COc1ccc(CN(C)C[C@H]2Oc3ccc(NC(=O)Nc4ccccc4)cc3CC(=O)N([C@H](C)CO)C[C@@H]2C)cc1. The Morgan fingerprint density at radius 1 is 1.10 bits per heavy atom. The van der Waals surface area contributed by atoms with Crippen LogP contribution in [0.25, 0.3) is 0 Å². The molecule has 218 valence electrons. The summed E-state index contributed by atoms with van der Waals surface area (Å²) in [5.41, 5.74) is 3.06. The number of nitrogens with zero attached hydrogens (tertiary/aromatic N) is 2. The van der Waals surface area contributed by atoms with Crippen molar-refractivity contribution < 1.29 is 24.2 Å². The maximum Gasteiger partial charge on any atom is 0.323 e. The van der Waals surface area contributed by atoms with E-state index in [0.717, 1.165) is 17.9 Å². The van der Waals surface area contributed by atoms with E-state index in [-0.39, 0.29) is 43.0 Å². The van der Waals surface area contributed by atoms with Gasteiger partial charge in [-0.15, -0.1) is 0 Å². The maximum atomic E-state index is 13.5. The van der Waals surface area contributed by atoms with E-state index < -0.39 is 0 Å². The first-order chi connectivity index (χ1) is 19.7. The van der Waals surface area contributed by atoms with E-state index in [1.165, 1.54) is 0 Å². The zero-order valence-corrected chi connectivity index (χ0v) is 24.2. The molecule has 0 fully saturated rings. The van der Waals surface area contributed by atoms with Crippen molar-refractivity contribution >= 4 is 23.3 Å². The Balaban J connectivity index is 1.55. The number of nitrogens with one attached hydrogen (secondary N) is 2. The van der Waals surface area contributed by atoms with Crippen molar-refractivity contribution in [2.45, 2.75) is 39.0 Å². The standard InChI is InChI=1S/C32H40N4O5/c1-22-18-36(23(2)21-37)31(38)17-25-16-27(34-32(39)33-26-8-6-5-7-9-26)12-15-29(25)41-30(22)20-35(3)19-24-10-13-28(40-4)14-11-24/h5-16,22-23,30,37H,17-21H2,1-4H3,(H2,33,34,39)/t22-,23+,30+/m0/s1. The summed E-state index contributed by atoms with van der Waals surface area (Å²) in [6, 6.07) is 21.8. The molecule has 1 heterocycles. The van der Waals surface area contributed by atoms with Crippen LogP contribution in [-0.2, 0) is 17.8 Å². The smallest absolute Gasteiger partial charge is 0.323 e. The second-order valence-corrected chi connectivity index (χ2v) is 10.7. The zero-order valence-electron chi connectivity index (χ0n) is 24.2. The molecule has 3 aromatic rings. The molecule has 0 spiro atoms. The zero-order chi connectivity index (χ0) is 29.4. The highest BCUT2D eigenvalue weighted by atomic mass is 16.5. The number of aliphatic hydroxyl groups is 1. The highest BCUT2D eigenvalue weighted by Gasteiger charge is 2.31. The minimum atomic E-state index is -0.381. The van der Waals surface area contributed by atoms with Crippen LogP contribution in [0.15, 0.2) is 72.8 Å². The van der Waals surface area contributed by atoms with Crippen LogP contribution in [0.1, 0.15) is 25.0 Å². The lowest BCUT2D eigenvalue weighted by Gasteiger charge is -2.34. The van der Waals surface area contributed by atoms with Gasteiger partial charge in [0.2, 0.25) is 5.91 Å². The summed E-state index contributed by atoms with van der Waals surface area (Å²) < 4.78 is 11.9. The first kappa shape index (κ1) is 29.9. The van der Waals surface area contributed by atoms with Crippen molar-refractivity contribution in [2.24, 2.45) is 5.92 Å². The van der Waals surface area contributed by atoms with Crippen LogP contribution in [0.3, 0.4) is 0 Å². The minimum absolute atomic E-state index is 0.00771. The van der Waals surface area contributed by atoms with E-state index in [0.29, 0.717) is 35.8 Å². The number of benzene rings is 3. The molecule has 3 N–H and O–H groups in total. The normalized spacial score (nSPS) is 17.9. The number of amides is 3. The Kier molecular flexibility index (Phi) is 10.2. The molecule has 3 atom stereocenters. The van der Waals surface area contributed by atoms with E-state index >= 15 is 0 Å². The second-order valence-electron chi connectivity index (χ2n) is 10.7. The number of rotatable bonds is 9. The monoisotopic (exact) mass is 560 g/mol. The Morgan fingerprint density at radius 2 is 1.80 bits per heavy atom. The number of aliphatic hydroxyl groups excluding tert-OH is 1. The van der Waals surface area contributed by atoms with E-state index in [1.807, 2.05) is 62.5 Å². The van der Waals surface area contributed by atoms with Gasteiger partial charge in [-0.25, -0.2) is 4.79 Å². The predicted octanol–water partition coefficient (Wildman–Crippen LogP) is 4.62. The summed E-state index contributed by atoms with van der Waals surface area (Å²) >= 11 is 0. The summed E-state index contributed by atoms with van der Waals surface area (Å²) in [5, 5.41) is 15.6. The molecular weight excluding hydrogens is 520 g/mol. The van der Waals surface area contributed by atoms with Crippen LogP contribution in [0.4, 0.5) is 16.2 Å². The average Bonchev–Trinajstić information content (AvgIpc) is 3.01. The van der Waals surface area contributed by atoms with Crippen molar-refractivity contribution in [3.8, 4) is 11.5 Å². The lowest BCUT2D eigenvalue weighted by Crippen LogP contribution is -2.47. The molecule has 0 saturated heterocycles. The molecule has 4 rings (SSSR count). The number of carbonyl (C=O) groups is 2. The van der Waals surface area contributed by atoms with Gasteiger partial charge in [0.15, 0.2) is 0 Å². The van der Waals surface area contributed by atoms with Crippen LogP contribution >= 0.6 is 0 Å². The number of hydrogen-bond acceptors (Lipinski definition) is 6. The topological polar surface area (TPSA) is 103 Å². The van der Waals surface area contributed by atoms with Gasteiger partial charge in [-0.3, -0.25) is 9.69 Å². The highest BCUT2D eigenvalue weighted by molar-refractivity contribution is 5.99. The summed E-state index contributed by atoms with van der Waals surface area (Å²) in [5.74, 6) is 1.32. The van der Waals surface area contributed by atoms with Crippen LogP contribution in [0.2, 0.25) is 0 Å². The number of methoxy groups -OCH3 is 1. The fourth-order valence-electron chi connectivity index (χ4n) is 4.95. The van der Waals surface area contributed by atoms with Crippen molar-refractivity contribution in [3.05, 3.63) is 83.9 Å². The van der Waals surface area contributed by atoms with E-state index in [4.69, 9.17) is 9.47 Å². The lowest BCUT2D eigenvalue weighted by molar-refractivity contribution is -0.134. The van der Waals surface area contributed by atoms with Gasteiger partial charge in [0, 0.05) is 42.5 Å². The van der Waals surface area contributed by atoms with Crippen LogP contribution < -0.4 is 20.1 Å². The molecular formula is C32H40N4O5. The van der Waals surface area contributed by atoms with Crippen molar-refractivity contribution in [1.29, 1.82) is 0 Å². The molecule has 3 aromatic carbocycles. The minimum Gasteiger partial charge on any atom is -0.497 e. The lowest BCUT2D eigenvalue weighted by atomic mass is 10.0. The Bertz CT molecular complexity index is 1300. The third-order valence-electron chi connectivity index (χ3n) is 7.31. The van der Waals surface area contributed by atoms with Crippen molar-refractivity contribution in [1.82, 2.24) is 9.80 Å². The van der Waals surface area contributed by atoms with E-state index in [9.17, 15) is 14.7 Å². The molecule has 9 heteroatoms. The van der Waals surface area contributed by atoms with Crippen LogP contribution in [0, 0.1) is 5.92 Å². The van der Waals surface area contributed by atoms with Gasteiger partial charge in [-0.1, -0.05) is 37.3 Å². The van der Waals surface area contributed by atoms with Gasteiger partial charge in [-0.2, -0.15) is 0 Å². The molecule has 41 heavy (non-hydrogen) atoms. The Hall–Kier alpha value is -4.08. The molecule has 0 bridgehead atoms. The van der Waals surface area contributed by atoms with E-state index in [2.05, 4.69) is 22.5 Å². The number of ether oxygens (including phenoxy) is 2. The molecule has 1 aliphatic heterocycles. The summed E-state index contributed by atoms with van der Waals surface area (Å²) in [7, 11) is 3.70. The third kappa shape index (κ3) is 8.22. The molecule has 0 unspecified atom stereocenters. The Morgan fingerprint density at radius 3 is 2.49 bits per heavy atom. The molecule has 0 aliphatic carbocycles. The molecule has 1 aliphatic rings. The summed E-state index contributed by atoms with van der Waals surface area (Å²) in [4.78, 5) is 30.0. The van der Waals surface area contributed by atoms with E-state index in [1.54, 1.807) is 36.3 Å². The molecule has 0 radical (unpaired) electrons. The van der Waals surface area contributed by atoms with Gasteiger partial charge in [-0.05, 0) is 62.0 Å². The number of carbonyl (C=O) groups excluding carboxylic acids is 2. The van der Waals surface area contributed by atoms with Gasteiger partial charge in [0.05, 0.1) is 26.2 Å². The fourth-order valence-corrected chi connectivity index (χ4v) is 4.95. The quantitative estimate of drug-likeness (QED) is 0.353. The summed E-state index contributed by atoms with van der Waals surface area (Å²) in [6.07, 6.45) is -0.132. The average molecular weight is 561 g/mol.